The molecule has 1 aliphatic rings. The summed E-state index contributed by atoms with van der Waals surface area (Å²) < 4.78 is 10.4. The lowest BCUT2D eigenvalue weighted by atomic mass is 10.1. The molecule has 1 heterocycles. The second kappa shape index (κ2) is 2.81. The number of carbonyl (C=O) groups is 1. The molecule has 1 rings (SSSR count). The van der Waals surface area contributed by atoms with E-state index in [9.17, 15) is 4.79 Å². The molecule has 1 aliphatic heterocycles. The van der Waals surface area contributed by atoms with Crippen molar-refractivity contribution in [1.29, 1.82) is 0 Å². The Kier molecular flexibility index (Phi) is 2.18. The third-order valence-corrected chi connectivity index (χ3v) is 1.64. The van der Waals surface area contributed by atoms with Gasteiger partial charge in [-0.2, -0.15) is 0 Å². The van der Waals surface area contributed by atoms with Crippen LogP contribution < -0.4 is 0 Å². The Bertz CT molecular complexity index is 163. The zero-order valence-electron chi connectivity index (χ0n) is 7.22. The van der Waals surface area contributed by atoms with Gasteiger partial charge in [0.05, 0.1) is 6.61 Å². The molecule has 0 amide bonds. The fourth-order valence-electron chi connectivity index (χ4n) is 1.02. The van der Waals surface area contributed by atoms with Crippen molar-refractivity contribution in [3.63, 3.8) is 0 Å². The molecular weight excluding hydrogens is 144 g/mol. The van der Waals surface area contributed by atoms with Gasteiger partial charge in [-0.25, -0.2) is 4.79 Å². The van der Waals surface area contributed by atoms with E-state index in [1.165, 1.54) is 0 Å². The van der Waals surface area contributed by atoms with Crippen LogP contribution in [0, 0.1) is 0 Å². The first-order valence-corrected chi connectivity index (χ1v) is 3.89. The van der Waals surface area contributed by atoms with E-state index >= 15 is 0 Å². The smallest absolute Gasteiger partial charge is 0.335 e. The number of cyclic esters (lactones) is 1. The summed E-state index contributed by atoms with van der Waals surface area (Å²) in [7, 11) is 0. The molecule has 0 aliphatic carbocycles. The van der Waals surface area contributed by atoms with Gasteiger partial charge in [-0.15, -0.1) is 0 Å². The maximum absolute atomic E-state index is 11.1. The molecule has 3 heteroatoms. The summed E-state index contributed by atoms with van der Waals surface area (Å²) in [6.45, 7) is 6.09. The van der Waals surface area contributed by atoms with Gasteiger partial charge in [0, 0.05) is 0 Å². The Morgan fingerprint density at radius 1 is 1.64 bits per heavy atom. The molecule has 0 saturated carbocycles. The lowest BCUT2D eigenvalue weighted by Crippen LogP contribution is -2.45. The van der Waals surface area contributed by atoms with Gasteiger partial charge in [0.1, 0.15) is 5.60 Å². The first-order valence-electron chi connectivity index (χ1n) is 3.89. The molecule has 1 atom stereocenters. The van der Waals surface area contributed by atoms with Crippen molar-refractivity contribution in [1.82, 2.24) is 0 Å². The SMILES string of the molecule is CCC1OCC(C)(C)OC1=O. The van der Waals surface area contributed by atoms with Gasteiger partial charge >= 0.3 is 5.97 Å². The van der Waals surface area contributed by atoms with Crippen LogP contribution in [0.15, 0.2) is 0 Å². The summed E-state index contributed by atoms with van der Waals surface area (Å²) in [5, 5.41) is 0. The first-order chi connectivity index (χ1) is 5.05. The summed E-state index contributed by atoms with van der Waals surface area (Å²) in [5.41, 5.74) is -0.442. The molecule has 1 fully saturated rings. The number of hydrogen-bond acceptors (Lipinski definition) is 3. The van der Waals surface area contributed by atoms with Gasteiger partial charge in [0.15, 0.2) is 6.10 Å². The quantitative estimate of drug-likeness (QED) is 0.536. The van der Waals surface area contributed by atoms with E-state index in [0.717, 1.165) is 0 Å². The van der Waals surface area contributed by atoms with Crippen molar-refractivity contribution < 1.29 is 14.3 Å². The Hall–Kier alpha value is -0.570. The van der Waals surface area contributed by atoms with Gasteiger partial charge in [-0.3, -0.25) is 0 Å². The second-order valence-electron chi connectivity index (χ2n) is 3.39. The fraction of sp³-hybridized carbons (Fsp3) is 0.875. The fourth-order valence-corrected chi connectivity index (χ4v) is 1.02. The van der Waals surface area contributed by atoms with E-state index in [1.54, 1.807) is 0 Å². The van der Waals surface area contributed by atoms with Crippen LogP contribution in [0.2, 0.25) is 0 Å². The van der Waals surface area contributed by atoms with Crippen molar-refractivity contribution in [2.45, 2.75) is 38.9 Å². The van der Waals surface area contributed by atoms with Crippen LogP contribution in [0.25, 0.3) is 0 Å². The van der Waals surface area contributed by atoms with Gasteiger partial charge in [0.25, 0.3) is 0 Å². The van der Waals surface area contributed by atoms with E-state index in [4.69, 9.17) is 9.47 Å². The summed E-state index contributed by atoms with van der Waals surface area (Å²) in [6, 6.07) is 0. The average Bonchev–Trinajstić information content (AvgIpc) is 1.86. The molecule has 3 nitrogen and oxygen atoms in total. The molecule has 1 saturated heterocycles. The molecule has 0 aromatic carbocycles. The minimum absolute atomic E-state index is 0.233. The zero-order valence-corrected chi connectivity index (χ0v) is 7.22. The van der Waals surface area contributed by atoms with Crippen molar-refractivity contribution >= 4 is 5.97 Å². The van der Waals surface area contributed by atoms with Crippen molar-refractivity contribution in [3.8, 4) is 0 Å². The average molecular weight is 158 g/mol. The Morgan fingerprint density at radius 2 is 2.27 bits per heavy atom. The zero-order chi connectivity index (χ0) is 8.48. The second-order valence-corrected chi connectivity index (χ2v) is 3.39. The molecule has 0 radical (unpaired) electrons. The molecule has 64 valence electrons. The minimum Gasteiger partial charge on any atom is -0.455 e. The van der Waals surface area contributed by atoms with Crippen LogP contribution in [-0.2, 0) is 14.3 Å². The van der Waals surface area contributed by atoms with Crippen LogP contribution in [0.3, 0.4) is 0 Å². The summed E-state index contributed by atoms with van der Waals surface area (Å²) >= 11 is 0. The topological polar surface area (TPSA) is 35.5 Å². The maximum Gasteiger partial charge on any atom is 0.335 e. The lowest BCUT2D eigenvalue weighted by Gasteiger charge is -2.33. The maximum atomic E-state index is 11.1. The van der Waals surface area contributed by atoms with Gasteiger partial charge in [-0.1, -0.05) is 6.92 Å². The third-order valence-electron chi connectivity index (χ3n) is 1.64. The number of esters is 1. The van der Waals surface area contributed by atoms with Crippen molar-refractivity contribution in [2.24, 2.45) is 0 Å². The van der Waals surface area contributed by atoms with E-state index in [2.05, 4.69) is 0 Å². The molecule has 0 bridgehead atoms. The highest BCUT2D eigenvalue weighted by Crippen LogP contribution is 2.19. The highest BCUT2D eigenvalue weighted by molar-refractivity contribution is 5.75. The lowest BCUT2D eigenvalue weighted by molar-refractivity contribution is -0.198. The number of rotatable bonds is 1. The number of ether oxygens (including phenoxy) is 2. The predicted molar refractivity (Wildman–Crippen MR) is 40.2 cm³/mol. The van der Waals surface area contributed by atoms with Crippen LogP contribution in [0.4, 0.5) is 0 Å². The van der Waals surface area contributed by atoms with Gasteiger partial charge < -0.3 is 9.47 Å². The van der Waals surface area contributed by atoms with Crippen molar-refractivity contribution in [2.75, 3.05) is 6.61 Å². The van der Waals surface area contributed by atoms with Crippen LogP contribution in [0.1, 0.15) is 27.2 Å². The number of hydrogen-bond donors (Lipinski definition) is 0. The Labute approximate surface area is 66.7 Å². The van der Waals surface area contributed by atoms with E-state index in [-0.39, 0.29) is 12.1 Å². The standard InChI is InChI=1S/C8H14O3/c1-4-6-7(9)11-8(2,3)5-10-6/h6H,4-5H2,1-3H3. The largest absolute Gasteiger partial charge is 0.455 e. The summed E-state index contributed by atoms with van der Waals surface area (Å²) in [6.07, 6.45) is 0.345. The van der Waals surface area contributed by atoms with E-state index in [1.807, 2.05) is 20.8 Å². The number of carbonyl (C=O) groups excluding carboxylic acids is 1. The highest BCUT2D eigenvalue weighted by Gasteiger charge is 2.34. The molecule has 0 N–H and O–H groups in total. The molecule has 0 aromatic heterocycles. The summed E-state index contributed by atoms with van der Waals surface area (Å²) in [4.78, 5) is 11.1. The minimum atomic E-state index is -0.442. The van der Waals surface area contributed by atoms with Gasteiger partial charge in [0.2, 0.25) is 0 Å². The van der Waals surface area contributed by atoms with Crippen LogP contribution in [0.5, 0.6) is 0 Å². The van der Waals surface area contributed by atoms with Crippen LogP contribution >= 0.6 is 0 Å². The Balaban J connectivity index is 2.55. The van der Waals surface area contributed by atoms with Crippen LogP contribution in [-0.4, -0.2) is 24.3 Å². The molecule has 0 spiro atoms. The van der Waals surface area contributed by atoms with Gasteiger partial charge in [-0.05, 0) is 20.3 Å². The first kappa shape index (κ1) is 8.53. The predicted octanol–water partition coefficient (Wildman–Crippen LogP) is 1.12. The monoisotopic (exact) mass is 158 g/mol. The van der Waals surface area contributed by atoms with E-state index < -0.39 is 5.60 Å². The molecule has 1 unspecified atom stereocenters. The molecular formula is C8H14O3. The summed E-state index contributed by atoms with van der Waals surface area (Å²) in [5.74, 6) is -0.233. The molecule has 11 heavy (non-hydrogen) atoms. The highest BCUT2D eigenvalue weighted by atomic mass is 16.6. The Morgan fingerprint density at radius 3 is 2.73 bits per heavy atom. The third kappa shape index (κ3) is 1.93. The van der Waals surface area contributed by atoms with Crippen molar-refractivity contribution in [3.05, 3.63) is 0 Å². The molecule has 0 aromatic rings. The van der Waals surface area contributed by atoms with E-state index in [0.29, 0.717) is 13.0 Å². The normalized spacial score (nSPS) is 29.7.